The Hall–Kier alpha value is -1.95. The van der Waals surface area contributed by atoms with Gasteiger partial charge in [-0.25, -0.2) is 9.78 Å². The summed E-state index contributed by atoms with van der Waals surface area (Å²) in [7, 11) is 0. The van der Waals surface area contributed by atoms with Crippen molar-refractivity contribution < 1.29 is 9.90 Å². The maximum atomic E-state index is 11.8. The molecule has 0 spiro atoms. The zero-order chi connectivity index (χ0) is 12.4. The fourth-order valence-corrected chi connectivity index (χ4v) is 2.08. The molecule has 0 aliphatic rings. The number of hydrogen-bond donors (Lipinski definition) is 1. The lowest BCUT2D eigenvalue weighted by molar-refractivity contribution is 0.0694. The van der Waals surface area contributed by atoms with E-state index in [1.807, 2.05) is 12.3 Å². The van der Waals surface area contributed by atoms with Crippen LogP contribution >= 0.6 is 11.3 Å². The molecule has 0 atom stereocenters. The topological polar surface area (TPSA) is 72.2 Å². The molecule has 2 heterocycles. The summed E-state index contributed by atoms with van der Waals surface area (Å²) in [4.78, 5) is 26.8. The van der Waals surface area contributed by atoms with Crippen molar-refractivity contribution >= 4 is 17.3 Å². The lowest BCUT2D eigenvalue weighted by Crippen LogP contribution is -2.26. The van der Waals surface area contributed by atoms with Crippen LogP contribution in [-0.4, -0.2) is 20.6 Å². The molecule has 88 valence electrons. The normalized spacial score (nSPS) is 10.4. The molecule has 17 heavy (non-hydrogen) atoms. The minimum Gasteiger partial charge on any atom is -0.477 e. The van der Waals surface area contributed by atoms with Gasteiger partial charge in [-0.15, -0.1) is 11.3 Å². The minimum absolute atomic E-state index is 0.223. The van der Waals surface area contributed by atoms with E-state index < -0.39 is 11.5 Å². The average Bonchev–Trinajstić information content (AvgIpc) is 2.67. The monoisotopic (exact) mass is 250 g/mol. The number of carboxylic acids is 1. The van der Waals surface area contributed by atoms with Crippen molar-refractivity contribution in [2.45, 2.75) is 13.5 Å². The van der Waals surface area contributed by atoms with Gasteiger partial charge in [0.05, 0.1) is 17.2 Å². The highest BCUT2D eigenvalue weighted by molar-refractivity contribution is 7.09. The Morgan fingerprint density at radius 1 is 1.59 bits per heavy atom. The van der Waals surface area contributed by atoms with Gasteiger partial charge >= 0.3 is 5.97 Å². The molecule has 0 bridgehead atoms. The summed E-state index contributed by atoms with van der Waals surface area (Å²) in [5, 5.41) is 11.6. The highest BCUT2D eigenvalue weighted by Crippen LogP contribution is 2.08. The molecule has 0 aliphatic carbocycles. The van der Waals surface area contributed by atoms with Crippen LogP contribution in [0.3, 0.4) is 0 Å². The maximum Gasteiger partial charge on any atom is 0.341 e. The molecular formula is C11H10N2O3S. The zero-order valence-corrected chi connectivity index (χ0v) is 9.90. The maximum absolute atomic E-state index is 11.8. The number of thiazole rings is 1. The van der Waals surface area contributed by atoms with Crippen LogP contribution in [0.5, 0.6) is 0 Å². The van der Waals surface area contributed by atoms with Crippen LogP contribution in [0, 0.1) is 6.92 Å². The first-order valence-corrected chi connectivity index (χ1v) is 5.79. The van der Waals surface area contributed by atoms with Crippen molar-refractivity contribution in [1.29, 1.82) is 0 Å². The summed E-state index contributed by atoms with van der Waals surface area (Å²) >= 11 is 1.50. The van der Waals surface area contributed by atoms with Crippen molar-refractivity contribution in [1.82, 2.24) is 9.55 Å². The number of carboxylic acid groups (broad SMARTS) is 1. The van der Waals surface area contributed by atoms with Crippen LogP contribution in [-0.2, 0) is 6.54 Å². The molecule has 0 amide bonds. The molecule has 6 heteroatoms. The van der Waals surface area contributed by atoms with Crippen LogP contribution in [0.4, 0.5) is 0 Å². The number of aromatic carboxylic acids is 1. The molecule has 2 aromatic rings. The molecule has 1 N–H and O–H groups in total. The third-order valence-corrected chi connectivity index (χ3v) is 3.07. The highest BCUT2D eigenvalue weighted by atomic mass is 32.1. The number of aryl methyl sites for hydroxylation is 1. The second kappa shape index (κ2) is 4.50. The Morgan fingerprint density at radius 3 is 2.94 bits per heavy atom. The Bertz CT molecular complexity index is 615. The fourth-order valence-electron chi connectivity index (χ4n) is 1.48. The molecule has 0 saturated heterocycles. The molecule has 2 rings (SSSR count). The first-order valence-electron chi connectivity index (χ1n) is 4.91. The third kappa shape index (κ3) is 2.42. The molecule has 0 fully saturated rings. The van der Waals surface area contributed by atoms with Gasteiger partial charge in [-0.05, 0) is 19.1 Å². The van der Waals surface area contributed by atoms with Gasteiger partial charge in [-0.2, -0.15) is 0 Å². The summed E-state index contributed by atoms with van der Waals surface area (Å²) in [6.45, 7) is 2.18. The lowest BCUT2D eigenvalue weighted by Gasteiger charge is -2.03. The SMILES string of the molecule is Cc1nc(Cn2cccc(C(=O)O)c2=O)cs1. The number of nitrogens with zero attached hydrogens (tertiary/aromatic N) is 2. The number of rotatable bonds is 3. The Morgan fingerprint density at radius 2 is 2.35 bits per heavy atom. The van der Waals surface area contributed by atoms with E-state index in [1.54, 1.807) is 12.3 Å². The van der Waals surface area contributed by atoms with Gasteiger partial charge in [0, 0.05) is 11.6 Å². The number of carbonyl (C=O) groups is 1. The van der Waals surface area contributed by atoms with E-state index in [9.17, 15) is 9.59 Å². The predicted molar refractivity (Wildman–Crippen MR) is 63.6 cm³/mol. The molecular weight excluding hydrogens is 240 g/mol. The summed E-state index contributed by atoms with van der Waals surface area (Å²) in [5.74, 6) is -1.21. The first kappa shape index (κ1) is 11.5. The van der Waals surface area contributed by atoms with Crippen LogP contribution in [0.15, 0.2) is 28.5 Å². The summed E-state index contributed by atoms with van der Waals surface area (Å²) < 4.78 is 1.35. The summed E-state index contributed by atoms with van der Waals surface area (Å²) in [6, 6.07) is 2.84. The molecule has 5 nitrogen and oxygen atoms in total. The van der Waals surface area contributed by atoms with Crippen LogP contribution in [0.25, 0.3) is 0 Å². The lowest BCUT2D eigenvalue weighted by atomic mass is 10.3. The van der Waals surface area contributed by atoms with Gasteiger partial charge in [0.1, 0.15) is 5.56 Å². The third-order valence-electron chi connectivity index (χ3n) is 2.25. The molecule has 0 radical (unpaired) electrons. The van der Waals surface area contributed by atoms with E-state index in [0.29, 0.717) is 6.54 Å². The van der Waals surface area contributed by atoms with E-state index in [-0.39, 0.29) is 5.56 Å². The molecule has 0 saturated carbocycles. The number of pyridine rings is 1. The van der Waals surface area contributed by atoms with Crippen molar-refractivity contribution in [3.63, 3.8) is 0 Å². The van der Waals surface area contributed by atoms with E-state index in [1.165, 1.54) is 22.0 Å². The quantitative estimate of drug-likeness (QED) is 0.892. The standard InChI is InChI=1S/C11H10N2O3S/c1-7-12-8(6-17-7)5-13-4-2-3-9(10(13)14)11(15)16/h2-4,6H,5H2,1H3,(H,15,16). The first-order chi connectivity index (χ1) is 8.08. The van der Waals surface area contributed by atoms with E-state index >= 15 is 0 Å². The van der Waals surface area contributed by atoms with Crippen molar-refractivity contribution in [2.24, 2.45) is 0 Å². The fraction of sp³-hybridized carbons (Fsp3) is 0.182. The van der Waals surface area contributed by atoms with Gasteiger partial charge in [0.25, 0.3) is 5.56 Å². The number of aromatic nitrogens is 2. The summed E-state index contributed by atoms with van der Waals surface area (Å²) in [6.07, 6.45) is 1.56. The molecule has 0 unspecified atom stereocenters. The van der Waals surface area contributed by atoms with Gasteiger partial charge in [-0.3, -0.25) is 4.79 Å². The minimum atomic E-state index is -1.21. The van der Waals surface area contributed by atoms with Crippen molar-refractivity contribution in [3.8, 4) is 0 Å². The van der Waals surface area contributed by atoms with Gasteiger partial charge < -0.3 is 9.67 Å². The van der Waals surface area contributed by atoms with Gasteiger partial charge in [0.15, 0.2) is 0 Å². The molecule has 2 aromatic heterocycles. The predicted octanol–water partition coefficient (Wildman–Crippen LogP) is 1.36. The van der Waals surface area contributed by atoms with E-state index in [0.717, 1.165) is 10.7 Å². The van der Waals surface area contributed by atoms with E-state index in [2.05, 4.69) is 4.98 Å². The second-order valence-corrected chi connectivity index (χ2v) is 4.58. The Labute approximate surface area is 101 Å². The van der Waals surface area contributed by atoms with Crippen LogP contribution in [0.2, 0.25) is 0 Å². The smallest absolute Gasteiger partial charge is 0.341 e. The summed E-state index contributed by atoms with van der Waals surface area (Å²) in [5.41, 5.74) is 0.0299. The van der Waals surface area contributed by atoms with Crippen LogP contribution in [0.1, 0.15) is 21.1 Å². The highest BCUT2D eigenvalue weighted by Gasteiger charge is 2.10. The number of hydrogen-bond acceptors (Lipinski definition) is 4. The van der Waals surface area contributed by atoms with Gasteiger partial charge in [-0.1, -0.05) is 0 Å². The van der Waals surface area contributed by atoms with E-state index in [4.69, 9.17) is 5.11 Å². The van der Waals surface area contributed by atoms with Crippen LogP contribution < -0.4 is 5.56 Å². The van der Waals surface area contributed by atoms with Crippen molar-refractivity contribution in [3.05, 3.63) is 50.3 Å². The van der Waals surface area contributed by atoms with Crippen molar-refractivity contribution in [2.75, 3.05) is 0 Å². The largest absolute Gasteiger partial charge is 0.477 e. The molecule has 0 aliphatic heterocycles. The van der Waals surface area contributed by atoms with Gasteiger partial charge in [0.2, 0.25) is 0 Å². The average molecular weight is 250 g/mol. The Balaban J connectivity index is 2.37. The second-order valence-electron chi connectivity index (χ2n) is 3.52. The molecule has 0 aromatic carbocycles. The Kier molecular flexibility index (Phi) is 3.06. The zero-order valence-electron chi connectivity index (χ0n) is 9.08.